The molecule has 1 saturated heterocycles. The first-order valence-electron chi connectivity index (χ1n) is 7.87. The van der Waals surface area contributed by atoms with Crippen LogP contribution in [-0.2, 0) is 11.2 Å². The van der Waals surface area contributed by atoms with Gasteiger partial charge in [-0.15, -0.1) is 0 Å². The Morgan fingerprint density at radius 2 is 2.09 bits per heavy atom. The average Bonchev–Trinajstić information content (AvgIpc) is 3.09. The lowest BCUT2D eigenvalue weighted by atomic mass is 9.91. The molecule has 3 rings (SSSR count). The van der Waals surface area contributed by atoms with Crippen LogP contribution in [0.3, 0.4) is 0 Å². The maximum atomic E-state index is 5.16. The lowest BCUT2D eigenvalue weighted by Gasteiger charge is -2.31. The Kier molecular flexibility index (Phi) is 5.13. The van der Waals surface area contributed by atoms with Crippen LogP contribution in [-0.4, -0.2) is 58.4 Å². The number of hydrogen-bond acceptors (Lipinski definition) is 5. The predicted octanol–water partition coefficient (Wildman–Crippen LogP) is 1.77. The van der Waals surface area contributed by atoms with E-state index in [1.54, 1.807) is 25.7 Å². The quantitative estimate of drug-likeness (QED) is 0.881. The third-order valence-electron chi connectivity index (χ3n) is 4.35. The highest BCUT2D eigenvalue weighted by molar-refractivity contribution is 5.59. The number of nitrogens with zero attached hydrogens (tertiary/aromatic N) is 4. The van der Waals surface area contributed by atoms with E-state index in [0.717, 1.165) is 49.6 Å². The number of methoxy groups -OCH3 is 1. The Bertz CT molecular complexity index is 564. The summed E-state index contributed by atoms with van der Waals surface area (Å²) in [4.78, 5) is 11.5. The summed E-state index contributed by atoms with van der Waals surface area (Å²) in [6.07, 6.45) is 10.6. The van der Waals surface area contributed by atoms with Gasteiger partial charge in [0.2, 0.25) is 0 Å². The summed E-state index contributed by atoms with van der Waals surface area (Å²) < 4.78 is 5.16. The fourth-order valence-electron chi connectivity index (χ4n) is 3.05. The maximum absolute atomic E-state index is 5.16. The molecule has 1 fully saturated rings. The second-order valence-corrected chi connectivity index (χ2v) is 5.82. The van der Waals surface area contributed by atoms with Gasteiger partial charge in [0, 0.05) is 37.8 Å². The lowest BCUT2D eigenvalue weighted by Crippen LogP contribution is -2.36. The summed E-state index contributed by atoms with van der Waals surface area (Å²) >= 11 is 0. The van der Waals surface area contributed by atoms with Crippen molar-refractivity contribution in [2.24, 2.45) is 5.92 Å². The standard InChI is InChI=1S/C16H23N5O/c1-22-9-8-21-6-2-13(3-7-21)10-15-16(18-5-4-17-15)14-11-19-20-12-14/h4-5,11-13H,2-3,6-10H2,1H3,(H,19,20). The van der Waals surface area contributed by atoms with E-state index in [4.69, 9.17) is 4.74 Å². The molecule has 2 aromatic heterocycles. The van der Waals surface area contributed by atoms with Crippen LogP contribution in [0, 0.1) is 5.92 Å². The maximum Gasteiger partial charge on any atom is 0.0948 e. The molecule has 1 aliphatic rings. The number of aromatic nitrogens is 4. The molecule has 0 spiro atoms. The SMILES string of the molecule is COCCN1CCC(Cc2nccnc2-c2cn[nH]c2)CC1. The minimum absolute atomic E-state index is 0.682. The van der Waals surface area contributed by atoms with E-state index in [-0.39, 0.29) is 0 Å². The Morgan fingerprint density at radius 1 is 1.27 bits per heavy atom. The number of H-pyrrole nitrogens is 1. The van der Waals surface area contributed by atoms with E-state index in [1.165, 1.54) is 12.8 Å². The van der Waals surface area contributed by atoms with Crippen molar-refractivity contribution in [1.82, 2.24) is 25.1 Å². The molecule has 6 nitrogen and oxygen atoms in total. The van der Waals surface area contributed by atoms with Crippen LogP contribution < -0.4 is 0 Å². The average molecular weight is 301 g/mol. The molecule has 118 valence electrons. The summed E-state index contributed by atoms with van der Waals surface area (Å²) in [7, 11) is 1.76. The van der Waals surface area contributed by atoms with Crippen molar-refractivity contribution >= 4 is 0 Å². The highest BCUT2D eigenvalue weighted by Crippen LogP contribution is 2.25. The van der Waals surface area contributed by atoms with Crippen LogP contribution in [0.1, 0.15) is 18.5 Å². The normalized spacial score (nSPS) is 17.0. The van der Waals surface area contributed by atoms with Gasteiger partial charge in [0.15, 0.2) is 0 Å². The second kappa shape index (κ2) is 7.47. The molecule has 0 bridgehead atoms. The highest BCUT2D eigenvalue weighted by atomic mass is 16.5. The first kappa shape index (κ1) is 15.1. The predicted molar refractivity (Wildman–Crippen MR) is 84.4 cm³/mol. The third kappa shape index (κ3) is 3.69. The van der Waals surface area contributed by atoms with Crippen LogP contribution in [0.5, 0.6) is 0 Å². The zero-order valence-electron chi connectivity index (χ0n) is 13.0. The molecule has 1 N–H and O–H groups in total. The second-order valence-electron chi connectivity index (χ2n) is 5.82. The van der Waals surface area contributed by atoms with Crippen LogP contribution in [0.25, 0.3) is 11.3 Å². The van der Waals surface area contributed by atoms with Crippen molar-refractivity contribution in [3.8, 4) is 11.3 Å². The fourth-order valence-corrected chi connectivity index (χ4v) is 3.05. The van der Waals surface area contributed by atoms with E-state index in [1.807, 2.05) is 6.20 Å². The molecule has 2 aromatic rings. The molecular formula is C16H23N5O. The lowest BCUT2D eigenvalue weighted by molar-refractivity contribution is 0.120. The Morgan fingerprint density at radius 3 is 2.82 bits per heavy atom. The smallest absolute Gasteiger partial charge is 0.0948 e. The molecule has 0 amide bonds. The van der Waals surface area contributed by atoms with Gasteiger partial charge in [-0.2, -0.15) is 5.10 Å². The van der Waals surface area contributed by atoms with Gasteiger partial charge < -0.3 is 9.64 Å². The summed E-state index contributed by atoms with van der Waals surface area (Å²) in [6.45, 7) is 4.15. The van der Waals surface area contributed by atoms with Gasteiger partial charge in [0.25, 0.3) is 0 Å². The molecule has 0 atom stereocenters. The zero-order valence-corrected chi connectivity index (χ0v) is 13.0. The molecule has 0 aromatic carbocycles. The monoisotopic (exact) mass is 301 g/mol. The molecule has 1 aliphatic heterocycles. The molecule has 0 saturated carbocycles. The largest absolute Gasteiger partial charge is 0.383 e. The Hall–Kier alpha value is -1.79. The number of likely N-dealkylation sites (tertiary alicyclic amines) is 1. The summed E-state index contributed by atoms with van der Waals surface area (Å²) in [6, 6.07) is 0. The minimum atomic E-state index is 0.682. The summed E-state index contributed by atoms with van der Waals surface area (Å²) in [5.41, 5.74) is 3.05. The number of hydrogen-bond donors (Lipinski definition) is 1. The highest BCUT2D eigenvalue weighted by Gasteiger charge is 2.21. The van der Waals surface area contributed by atoms with Gasteiger partial charge in [-0.3, -0.25) is 15.1 Å². The summed E-state index contributed by atoms with van der Waals surface area (Å²) in [5, 5.41) is 6.86. The molecule has 0 radical (unpaired) electrons. The van der Waals surface area contributed by atoms with Crippen molar-refractivity contribution in [2.45, 2.75) is 19.3 Å². The molecule has 3 heterocycles. The van der Waals surface area contributed by atoms with Gasteiger partial charge >= 0.3 is 0 Å². The minimum Gasteiger partial charge on any atom is -0.383 e. The van der Waals surface area contributed by atoms with E-state index in [2.05, 4.69) is 25.1 Å². The Balaban J connectivity index is 1.61. The van der Waals surface area contributed by atoms with Crippen molar-refractivity contribution in [3.63, 3.8) is 0 Å². The van der Waals surface area contributed by atoms with Crippen molar-refractivity contribution < 1.29 is 4.74 Å². The van der Waals surface area contributed by atoms with Crippen molar-refractivity contribution in [3.05, 3.63) is 30.5 Å². The molecule has 0 aliphatic carbocycles. The topological polar surface area (TPSA) is 66.9 Å². The first-order valence-corrected chi connectivity index (χ1v) is 7.87. The van der Waals surface area contributed by atoms with Crippen molar-refractivity contribution in [1.29, 1.82) is 0 Å². The summed E-state index contributed by atoms with van der Waals surface area (Å²) in [5.74, 6) is 0.682. The number of piperidine rings is 1. The van der Waals surface area contributed by atoms with Crippen LogP contribution in [0.2, 0.25) is 0 Å². The Labute approximate surface area is 130 Å². The third-order valence-corrected chi connectivity index (χ3v) is 4.35. The zero-order chi connectivity index (χ0) is 15.2. The van der Waals surface area contributed by atoms with Gasteiger partial charge in [-0.05, 0) is 38.3 Å². The van der Waals surface area contributed by atoms with Crippen molar-refractivity contribution in [2.75, 3.05) is 33.4 Å². The van der Waals surface area contributed by atoms with Crippen LogP contribution in [0.15, 0.2) is 24.8 Å². The van der Waals surface area contributed by atoms with Gasteiger partial charge in [0.1, 0.15) is 0 Å². The fraction of sp³-hybridized carbons (Fsp3) is 0.562. The number of ether oxygens (including phenoxy) is 1. The van der Waals surface area contributed by atoms with E-state index in [0.29, 0.717) is 5.92 Å². The van der Waals surface area contributed by atoms with Gasteiger partial charge in [-0.25, -0.2) is 0 Å². The van der Waals surface area contributed by atoms with E-state index >= 15 is 0 Å². The molecule has 22 heavy (non-hydrogen) atoms. The van der Waals surface area contributed by atoms with Crippen LogP contribution >= 0.6 is 0 Å². The molecule has 0 unspecified atom stereocenters. The first-order chi connectivity index (χ1) is 10.9. The van der Waals surface area contributed by atoms with Gasteiger partial charge in [-0.1, -0.05) is 0 Å². The van der Waals surface area contributed by atoms with Gasteiger partial charge in [0.05, 0.1) is 24.2 Å². The number of rotatable bonds is 6. The number of aromatic amines is 1. The van der Waals surface area contributed by atoms with Crippen LogP contribution in [0.4, 0.5) is 0 Å². The van der Waals surface area contributed by atoms with E-state index in [9.17, 15) is 0 Å². The molecular weight excluding hydrogens is 278 g/mol. The number of nitrogens with one attached hydrogen (secondary N) is 1. The van der Waals surface area contributed by atoms with E-state index < -0.39 is 0 Å². The molecule has 6 heteroatoms.